The van der Waals surface area contributed by atoms with Gasteiger partial charge in [-0.2, -0.15) is 5.26 Å². The third-order valence-electron chi connectivity index (χ3n) is 3.47. The van der Waals surface area contributed by atoms with Crippen molar-refractivity contribution >= 4 is 32.7 Å². The first-order chi connectivity index (χ1) is 10.7. The molecule has 1 aromatic heterocycles. The van der Waals surface area contributed by atoms with Crippen molar-refractivity contribution in [2.45, 2.75) is 13.0 Å². The van der Waals surface area contributed by atoms with Crippen molar-refractivity contribution in [3.05, 3.63) is 64.4 Å². The average Bonchev–Trinajstić information content (AvgIpc) is 2.55. The van der Waals surface area contributed by atoms with Crippen molar-refractivity contribution < 1.29 is 0 Å². The first kappa shape index (κ1) is 14.5. The van der Waals surface area contributed by atoms with E-state index in [1.165, 1.54) is 0 Å². The smallest absolute Gasteiger partial charge is 0.137 e. The molecule has 1 atom stereocenters. The third-order valence-corrected chi connectivity index (χ3v) is 3.96. The van der Waals surface area contributed by atoms with E-state index in [4.69, 9.17) is 5.26 Å². The summed E-state index contributed by atoms with van der Waals surface area (Å²) in [6, 6.07) is 15.7. The standard InChI is InChI=1S/C17H13BrN4/c1-11(13-4-2-3-12(7-13)9-19)22-17-15-8-14(18)5-6-16(15)20-10-21-17/h2-8,10-11H,1H3,(H,20,21,22). The Balaban J connectivity index is 1.95. The Labute approximate surface area is 137 Å². The first-order valence-electron chi connectivity index (χ1n) is 6.84. The number of nitriles is 1. The van der Waals surface area contributed by atoms with E-state index in [-0.39, 0.29) is 6.04 Å². The number of hydrogen-bond acceptors (Lipinski definition) is 4. The van der Waals surface area contributed by atoms with Gasteiger partial charge < -0.3 is 5.32 Å². The maximum Gasteiger partial charge on any atom is 0.137 e. The molecule has 0 bridgehead atoms. The Morgan fingerprint density at radius 1 is 1.18 bits per heavy atom. The number of aromatic nitrogens is 2. The zero-order valence-corrected chi connectivity index (χ0v) is 13.5. The minimum atomic E-state index is 0.0328. The van der Waals surface area contributed by atoms with Gasteiger partial charge in [-0.15, -0.1) is 0 Å². The van der Waals surface area contributed by atoms with E-state index in [0.717, 1.165) is 26.8 Å². The van der Waals surface area contributed by atoms with Crippen LogP contribution in [0.3, 0.4) is 0 Å². The summed E-state index contributed by atoms with van der Waals surface area (Å²) in [5.41, 5.74) is 2.58. The summed E-state index contributed by atoms with van der Waals surface area (Å²) >= 11 is 3.48. The van der Waals surface area contributed by atoms with Gasteiger partial charge in [-0.1, -0.05) is 28.1 Å². The van der Waals surface area contributed by atoms with Crippen LogP contribution in [0.2, 0.25) is 0 Å². The number of anilines is 1. The van der Waals surface area contributed by atoms with E-state index in [9.17, 15) is 0 Å². The number of halogens is 1. The lowest BCUT2D eigenvalue weighted by Gasteiger charge is -2.16. The molecule has 0 aliphatic rings. The molecule has 0 spiro atoms. The van der Waals surface area contributed by atoms with E-state index in [1.807, 2.05) is 43.3 Å². The lowest BCUT2D eigenvalue weighted by molar-refractivity contribution is 0.875. The molecule has 5 heteroatoms. The van der Waals surface area contributed by atoms with Crippen LogP contribution >= 0.6 is 15.9 Å². The molecule has 4 nitrogen and oxygen atoms in total. The Morgan fingerprint density at radius 3 is 2.86 bits per heavy atom. The number of nitrogens with zero attached hydrogens (tertiary/aromatic N) is 3. The van der Waals surface area contributed by atoms with Gasteiger partial charge in [-0.3, -0.25) is 0 Å². The summed E-state index contributed by atoms with van der Waals surface area (Å²) in [7, 11) is 0. The molecule has 1 heterocycles. The zero-order valence-electron chi connectivity index (χ0n) is 11.9. The minimum absolute atomic E-state index is 0.0328. The highest BCUT2D eigenvalue weighted by atomic mass is 79.9. The van der Waals surface area contributed by atoms with Crippen LogP contribution in [0, 0.1) is 11.3 Å². The van der Waals surface area contributed by atoms with Crippen LogP contribution in [0.5, 0.6) is 0 Å². The predicted molar refractivity (Wildman–Crippen MR) is 90.4 cm³/mol. The molecule has 0 radical (unpaired) electrons. The molecule has 0 amide bonds. The van der Waals surface area contributed by atoms with Crippen molar-refractivity contribution in [3.63, 3.8) is 0 Å². The molecule has 0 aliphatic heterocycles. The van der Waals surface area contributed by atoms with Crippen molar-refractivity contribution in [2.75, 3.05) is 5.32 Å². The van der Waals surface area contributed by atoms with Gasteiger partial charge in [0.05, 0.1) is 23.2 Å². The third kappa shape index (κ3) is 2.92. The van der Waals surface area contributed by atoms with Gasteiger partial charge in [-0.05, 0) is 42.8 Å². The topological polar surface area (TPSA) is 61.6 Å². The largest absolute Gasteiger partial charge is 0.363 e. The van der Waals surface area contributed by atoms with Crippen LogP contribution in [-0.2, 0) is 0 Å². The zero-order chi connectivity index (χ0) is 15.5. The summed E-state index contributed by atoms with van der Waals surface area (Å²) in [4.78, 5) is 8.62. The molecule has 1 N–H and O–H groups in total. The van der Waals surface area contributed by atoms with Gasteiger partial charge in [0.15, 0.2) is 0 Å². The highest BCUT2D eigenvalue weighted by Gasteiger charge is 2.10. The lowest BCUT2D eigenvalue weighted by Crippen LogP contribution is -2.08. The van der Waals surface area contributed by atoms with E-state index < -0.39 is 0 Å². The second-order valence-corrected chi connectivity index (χ2v) is 5.90. The Morgan fingerprint density at radius 2 is 2.05 bits per heavy atom. The average molecular weight is 353 g/mol. The summed E-state index contributed by atoms with van der Waals surface area (Å²) in [6.45, 7) is 2.04. The van der Waals surface area contributed by atoms with Gasteiger partial charge in [0.2, 0.25) is 0 Å². The number of rotatable bonds is 3. The van der Waals surface area contributed by atoms with Gasteiger partial charge in [-0.25, -0.2) is 9.97 Å². The number of hydrogen-bond donors (Lipinski definition) is 1. The summed E-state index contributed by atoms with van der Waals surface area (Å²) in [6.07, 6.45) is 1.55. The van der Waals surface area contributed by atoms with Crippen molar-refractivity contribution in [1.82, 2.24) is 9.97 Å². The first-order valence-corrected chi connectivity index (χ1v) is 7.63. The molecule has 0 saturated heterocycles. The molecule has 108 valence electrons. The number of nitrogens with one attached hydrogen (secondary N) is 1. The molecule has 22 heavy (non-hydrogen) atoms. The predicted octanol–water partition coefficient (Wildman–Crippen LogP) is 4.44. The summed E-state index contributed by atoms with van der Waals surface area (Å²) in [5.74, 6) is 0.779. The number of benzene rings is 2. The van der Waals surface area contributed by atoms with Crippen LogP contribution in [0.25, 0.3) is 10.9 Å². The van der Waals surface area contributed by atoms with E-state index in [0.29, 0.717) is 5.56 Å². The van der Waals surface area contributed by atoms with Crippen LogP contribution < -0.4 is 5.32 Å². The highest BCUT2D eigenvalue weighted by molar-refractivity contribution is 9.10. The number of fused-ring (bicyclic) bond motifs is 1. The monoisotopic (exact) mass is 352 g/mol. The Bertz CT molecular complexity index is 870. The van der Waals surface area contributed by atoms with Crippen molar-refractivity contribution in [1.29, 1.82) is 5.26 Å². The SMILES string of the molecule is CC(Nc1ncnc2ccc(Br)cc12)c1cccc(C#N)c1. The second kappa shape index (κ2) is 6.12. The fourth-order valence-electron chi connectivity index (χ4n) is 2.31. The van der Waals surface area contributed by atoms with Crippen LogP contribution in [-0.4, -0.2) is 9.97 Å². The fraction of sp³-hybridized carbons (Fsp3) is 0.118. The Kier molecular flexibility index (Phi) is 4.03. The van der Waals surface area contributed by atoms with Crippen LogP contribution in [0.15, 0.2) is 53.3 Å². The molecule has 0 saturated carbocycles. The van der Waals surface area contributed by atoms with Gasteiger partial charge in [0.25, 0.3) is 0 Å². The van der Waals surface area contributed by atoms with Gasteiger partial charge >= 0.3 is 0 Å². The molecule has 1 unspecified atom stereocenters. The molecule has 3 aromatic rings. The Hall–Kier alpha value is -2.45. The minimum Gasteiger partial charge on any atom is -0.363 e. The summed E-state index contributed by atoms with van der Waals surface area (Å²) < 4.78 is 0.983. The fourth-order valence-corrected chi connectivity index (χ4v) is 2.67. The quantitative estimate of drug-likeness (QED) is 0.756. The second-order valence-electron chi connectivity index (χ2n) is 4.99. The molecular weight excluding hydrogens is 340 g/mol. The molecule has 0 aliphatic carbocycles. The maximum atomic E-state index is 9.01. The molecule has 0 fully saturated rings. The lowest BCUT2D eigenvalue weighted by atomic mass is 10.1. The summed E-state index contributed by atoms with van der Waals surface area (Å²) in [5, 5.41) is 13.4. The van der Waals surface area contributed by atoms with Gasteiger partial charge in [0, 0.05) is 9.86 Å². The van der Waals surface area contributed by atoms with E-state index >= 15 is 0 Å². The van der Waals surface area contributed by atoms with Gasteiger partial charge in [0.1, 0.15) is 12.1 Å². The maximum absolute atomic E-state index is 9.01. The molecular formula is C17H13BrN4. The van der Waals surface area contributed by atoms with Crippen LogP contribution in [0.1, 0.15) is 24.1 Å². The van der Waals surface area contributed by atoms with E-state index in [2.05, 4.69) is 37.3 Å². The van der Waals surface area contributed by atoms with E-state index in [1.54, 1.807) is 12.4 Å². The van der Waals surface area contributed by atoms with Crippen molar-refractivity contribution in [2.24, 2.45) is 0 Å². The molecule has 2 aromatic carbocycles. The van der Waals surface area contributed by atoms with Crippen LogP contribution in [0.4, 0.5) is 5.82 Å². The normalized spacial score (nSPS) is 11.9. The van der Waals surface area contributed by atoms with Crippen molar-refractivity contribution in [3.8, 4) is 6.07 Å². The molecule has 3 rings (SSSR count). The highest BCUT2D eigenvalue weighted by Crippen LogP contribution is 2.26.